The molecular weight excluding hydrogens is 300 g/mol. The van der Waals surface area contributed by atoms with Gasteiger partial charge in [-0.3, -0.25) is 19.1 Å². The van der Waals surface area contributed by atoms with E-state index < -0.39 is 11.9 Å². The van der Waals surface area contributed by atoms with Crippen LogP contribution in [0.15, 0.2) is 11.3 Å². The maximum absolute atomic E-state index is 12.8. The quantitative estimate of drug-likeness (QED) is 0.748. The van der Waals surface area contributed by atoms with Crippen molar-refractivity contribution in [3.63, 3.8) is 0 Å². The standard InChI is InChI=1S/C14H18N6O3/c1-18-10-5-6-20(12(13(15)22)8(10)7-16-18)14(23)9-3-4-11(21)19(2)17-9/h7,12H,3-6H2,1-2H3,(H2,15,22). The zero-order valence-corrected chi connectivity index (χ0v) is 13.0. The van der Waals surface area contributed by atoms with Gasteiger partial charge in [0.25, 0.3) is 5.91 Å². The number of carbonyl (C=O) groups excluding carboxylic acids is 3. The molecule has 2 N–H and O–H groups in total. The van der Waals surface area contributed by atoms with Crippen molar-refractivity contribution in [3.05, 3.63) is 17.5 Å². The molecule has 122 valence electrons. The van der Waals surface area contributed by atoms with Gasteiger partial charge in [0.05, 0.1) is 6.20 Å². The topological polar surface area (TPSA) is 114 Å². The van der Waals surface area contributed by atoms with Gasteiger partial charge in [-0.1, -0.05) is 0 Å². The summed E-state index contributed by atoms with van der Waals surface area (Å²) in [5.41, 5.74) is 7.35. The predicted molar refractivity (Wildman–Crippen MR) is 80.0 cm³/mol. The first-order valence-electron chi connectivity index (χ1n) is 7.35. The highest BCUT2D eigenvalue weighted by Gasteiger charge is 2.38. The highest BCUT2D eigenvalue weighted by molar-refractivity contribution is 6.39. The van der Waals surface area contributed by atoms with E-state index in [9.17, 15) is 14.4 Å². The predicted octanol–water partition coefficient (Wildman–Crippen LogP) is -1.06. The molecule has 1 unspecified atom stereocenters. The number of nitrogens with zero attached hydrogens (tertiary/aromatic N) is 5. The Morgan fingerprint density at radius 2 is 2.00 bits per heavy atom. The SMILES string of the molecule is CN1N=C(C(=O)N2CCc3c(cnn3C)C2C(N)=O)CCC1=O. The molecule has 9 heteroatoms. The summed E-state index contributed by atoms with van der Waals surface area (Å²) in [7, 11) is 3.30. The van der Waals surface area contributed by atoms with Crippen LogP contribution in [0.1, 0.15) is 30.1 Å². The fourth-order valence-electron chi connectivity index (χ4n) is 3.05. The van der Waals surface area contributed by atoms with Crippen LogP contribution in [0, 0.1) is 0 Å². The number of fused-ring (bicyclic) bond motifs is 1. The zero-order chi connectivity index (χ0) is 16.7. The Balaban J connectivity index is 1.93. The van der Waals surface area contributed by atoms with Crippen molar-refractivity contribution in [1.82, 2.24) is 19.7 Å². The molecule has 2 aliphatic rings. The van der Waals surface area contributed by atoms with E-state index in [0.29, 0.717) is 18.5 Å². The van der Waals surface area contributed by atoms with Crippen molar-refractivity contribution in [2.75, 3.05) is 13.6 Å². The second-order valence-corrected chi connectivity index (χ2v) is 5.69. The van der Waals surface area contributed by atoms with Crippen molar-refractivity contribution in [3.8, 4) is 0 Å². The average Bonchev–Trinajstić information content (AvgIpc) is 2.89. The third-order valence-electron chi connectivity index (χ3n) is 4.27. The van der Waals surface area contributed by atoms with Gasteiger partial charge in [0.2, 0.25) is 11.8 Å². The first-order valence-corrected chi connectivity index (χ1v) is 7.35. The van der Waals surface area contributed by atoms with Gasteiger partial charge in [-0.05, 0) is 0 Å². The van der Waals surface area contributed by atoms with Gasteiger partial charge in [0.15, 0.2) is 0 Å². The minimum Gasteiger partial charge on any atom is -0.368 e. The fraction of sp³-hybridized carbons (Fsp3) is 0.500. The maximum Gasteiger partial charge on any atom is 0.271 e. The van der Waals surface area contributed by atoms with E-state index in [-0.39, 0.29) is 30.4 Å². The minimum absolute atomic E-state index is 0.138. The number of rotatable bonds is 2. The molecule has 23 heavy (non-hydrogen) atoms. The van der Waals surface area contributed by atoms with Crippen LogP contribution in [0.5, 0.6) is 0 Å². The Morgan fingerprint density at radius 3 is 2.65 bits per heavy atom. The van der Waals surface area contributed by atoms with Crippen LogP contribution in [-0.4, -0.2) is 56.7 Å². The molecule has 3 amide bonds. The number of hydrogen-bond acceptors (Lipinski definition) is 5. The van der Waals surface area contributed by atoms with Crippen LogP contribution >= 0.6 is 0 Å². The molecular formula is C14H18N6O3. The number of aromatic nitrogens is 2. The first kappa shape index (κ1) is 15.2. The van der Waals surface area contributed by atoms with Gasteiger partial charge in [-0.25, -0.2) is 5.01 Å². The summed E-state index contributed by atoms with van der Waals surface area (Å²) in [5, 5.41) is 9.34. The van der Waals surface area contributed by atoms with Crippen LogP contribution in [0.4, 0.5) is 0 Å². The van der Waals surface area contributed by atoms with Gasteiger partial charge in [0.1, 0.15) is 11.8 Å². The number of nitrogens with two attached hydrogens (primary N) is 1. The molecule has 1 aromatic rings. The molecule has 0 radical (unpaired) electrons. The molecule has 3 rings (SSSR count). The van der Waals surface area contributed by atoms with E-state index in [0.717, 1.165) is 10.7 Å². The molecule has 9 nitrogen and oxygen atoms in total. The van der Waals surface area contributed by atoms with E-state index in [1.165, 1.54) is 11.9 Å². The zero-order valence-electron chi connectivity index (χ0n) is 13.0. The lowest BCUT2D eigenvalue weighted by atomic mass is 9.97. The van der Waals surface area contributed by atoms with Crippen molar-refractivity contribution >= 4 is 23.4 Å². The highest BCUT2D eigenvalue weighted by Crippen LogP contribution is 2.30. The van der Waals surface area contributed by atoms with E-state index in [1.54, 1.807) is 17.9 Å². The van der Waals surface area contributed by atoms with E-state index in [1.807, 2.05) is 0 Å². The van der Waals surface area contributed by atoms with Crippen molar-refractivity contribution < 1.29 is 14.4 Å². The number of aryl methyl sites for hydroxylation is 1. The Morgan fingerprint density at radius 1 is 1.26 bits per heavy atom. The summed E-state index contributed by atoms with van der Waals surface area (Å²) in [6.07, 6.45) is 2.66. The number of hydrogen-bond donors (Lipinski definition) is 1. The third kappa shape index (κ3) is 2.47. The van der Waals surface area contributed by atoms with Gasteiger partial charge >= 0.3 is 0 Å². The van der Waals surface area contributed by atoms with E-state index in [4.69, 9.17) is 5.73 Å². The molecule has 0 fully saturated rings. The molecule has 0 saturated heterocycles. The second-order valence-electron chi connectivity index (χ2n) is 5.69. The third-order valence-corrected chi connectivity index (χ3v) is 4.27. The van der Waals surface area contributed by atoms with Crippen LogP contribution in [0.3, 0.4) is 0 Å². The summed E-state index contributed by atoms with van der Waals surface area (Å²) in [5.74, 6) is -1.10. The summed E-state index contributed by atoms with van der Waals surface area (Å²) in [6, 6.07) is -0.856. The number of carbonyl (C=O) groups is 3. The molecule has 1 atom stereocenters. The summed E-state index contributed by atoms with van der Waals surface area (Å²) >= 11 is 0. The summed E-state index contributed by atoms with van der Waals surface area (Å²) < 4.78 is 1.69. The fourth-order valence-corrected chi connectivity index (χ4v) is 3.05. The van der Waals surface area contributed by atoms with Crippen molar-refractivity contribution in [2.24, 2.45) is 17.9 Å². The van der Waals surface area contributed by atoms with Gasteiger partial charge in [-0.15, -0.1) is 0 Å². The van der Waals surface area contributed by atoms with E-state index >= 15 is 0 Å². The van der Waals surface area contributed by atoms with Crippen molar-refractivity contribution in [1.29, 1.82) is 0 Å². The van der Waals surface area contributed by atoms with Crippen LogP contribution < -0.4 is 5.73 Å². The highest BCUT2D eigenvalue weighted by atomic mass is 16.2. The lowest BCUT2D eigenvalue weighted by Crippen LogP contribution is -2.49. The second kappa shape index (κ2) is 5.49. The van der Waals surface area contributed by atoms with Gasteiger partial charge in [0, 0.05) is 51.2 Å². The Hall–Kier alpha value is -2.71. The molecule has 0 bridgehead atoms. The molecule has 1 aromatic heterocycles. The number of primary amides is 1. The monoisotopic (exact) mass is 318 g/mol. The van der Waals surface area contributed by atoms with Crippen LogP contribution in [-0.2, 0) is 27.9 Å². The number of amides is 3. The first-order chi connectivity index (χ1) is 10.9. The summed E-state index contributed by atoms with van der Waals surface area (Å²) in [4.78, 5) is 37.6. The number of hydrazone groups is 1. The maximum atomic E-state index is 12.8. The molecule has 3 heterocycles. The normalized spacial score (nSPS) is 21.0. The molecule has 0 aliphatic carbocycles. The summed E-state index contributed by atoms with van der Waals surface area (Å²) in [6.45, 7) is 0.357. The Labute approximate surface area is 132 Å². The lowest BCUT2D eigenvalue weighted by Gasteiger charge is -2.34. The smallest absolute Gasteiger partial charge is 0.271 e. The van der Waals surface area contributed by atoms with Gasteiger partial charge in [-0.2, -0.15) is 10.2 Å². The Kier molecular flexibility index (Phi) is 3.63. The minimum atomic E-state index is -0.856. The molecule has 0 saturated carbocycles. The van der Waals surface area contributed by atoms with Crippen molar-refractivity contribution in [2.45, 2.75) is 25.3 Å². The van der Waals surface area contributed by atoms with E-state index in [2.05, 4.69) is 10.2 Å². The van der Waals surface area contributed by atoms with Crippen LogP contribution in [0.25, 0.3) is 0 Å². The lowest BCUT2D eigenvalue weighted by molar-refractivity contribution is -0.136. The largest absolute Gasteiger partial charge is 0.368 e. The Bertz CT molecular complexity index is 722. The molecule has 0 aromatic carbocycles. The molecule has 0 spiro atoms. The molecule has 2 aliphatic heterocycles. The van der Waals surface area contributed by atoms with Gasteiger partial charge < -0.3 is 10.6 Å². The van der Waals surface area contributed by atoms with Crippen LogP contribution in [0.2, 0.25) is 0 Å². The average molecular weight is 318 g/mol.